The van der Waals surface area contributed by atoms with Crippen molar-refractivity contribution >= 4 is 0 Å². The summed E-state index contributed by atoms with van der Waals surface area (Å²) in [5.41, 5.74) is 4.92. The summed E-state index contributed by atoms with van der Waals surface area (Å²) in [4.78, 5) is 0. The van der Waals surface area contributed by atoms with Gasteiger partial charge < -0.3 is 5.32 Å². The minimum atomic E-state index is 0.111. The van der Waals surface area contributed by atoms with Crippen molar-refractivity contribution in [3.8, 4) is 11.3 Å². The summed E-state index contributed by atoms with van der Waals surface area (Å²) in [5.74, 6) is 0. The van der Waals surface area contributed by atoms with Gasteiger partial charge in [0.25, 0.3) is 0 Å². The van der Waals surface area contributed by atoms with Crippen LogP contribution in [-0.4, -0.2) is 15.7 Å². The Morgan fingerprint density at radius 3 is 2.61 bits per heavy atom. The minimum absolute atomic E-state index is 0.111. The monoisotopic (exact) mass is 243 g/mol. The van der Waals surface area contributed by atoms with Crippen LogP contribution in [0.1, 0.15) is 31.9 Å². The molecule has 0 aliphatic heterocycles. The Hall–Kier alpha value is -1.61. The molecule has 0 unspecified atom stereocenters. The molecule has 0 saturated heterocycles. The Balaban J connectivity index is 2.26. The van der Waals surface area contributed by atoms with Gasteiger partial charge in [-0.15, -0.1) is 0 Å². The predicted octanol–water partition coefficient (Wildman–Crippen LogP) is 3.27. The average Bonchev–Trinajstić information content (AvgIpc) is 2.74. The van der Waals surface area contributed by atoms with Crippen LogP contribution in [0.25, 0.3) is 11.3 Å². The average molecular weight is 243 g/mol. The van der Waals surface area contributed by atoms with Crippen LogP contribution < -0.4 is 5.32 Å². The molecule has 0 spiro atoms. The Morgan fingerprint density at radius 2 is 1.94 bits per heavy atom. The molecule has 0 aliphatic rings. The van der Waals surface area contributed by atoms with E-state index in [0.29, 0.717) is 0 Å². The topological polar surface area (TPSA) is 40.7 Å². The number of rotatable bonds is 3. The van der Waals surface area contributed by atoms with Crippen LogP contribution in [0.3, 0.4) is 0 Å². The van der Waals surface area contributed by atoms with E-state index in [4.69, 9.17) is 0 Å². The van der Waals surface area contributed by atoms with Crippen LogP contribution in [0, 0.1) is 6.92 Å². The number of nitrogens with zero attached hydrogens (tertiary/aromatic N) is 1. The molecule has 1 aromatic carbocycles. The van der Waals surface area contributed by atoms with Gasteiger partial charge in [0.15, 0.2) is 0 Å². The highest BCUT2D eigenvalue weighted by Crippen LogP contribution is 2.24. The molecule has 0 fully saturated rings. The number of H-pyrrole nitrogens is 1. The first-order chi connectivity index (χ1) is 8.47. The molecule has 0 amide bonds. The summed E-state index contributed by atoms with van der Waals surface area (Å²) < 4.78 is 0. The Morgan fingerprint density at radius 1 is 1.22 bits per heavy atom. The highest BCUT2D eigenvalue weighted by molar-refractivity contribution is 5.66. The zero-order valence-electron chi connectivity index (χ0n) is 11.5. The van der Waals surface area contributed by atoms with Crippen LogP contribution >= 0.6 is 0 Å². The van der Waals surface area contributed by atoms with E-state index in [1.165, 1.54) is 16.7 Å². The predicted molar refractivity (Wildman–Crippen MR) is 75.4 cm³/mol. The molecule has 3 heteroatoms. The summed E-state index contributed by atoms with van der Waals surface area (Å²) in [6.45, 7) is 9.45. The van der Waals surface area contributed by atoms with Crippen molar-refractivity contribution in [1.82, 2.24) is 15.5 Å². The van der Waals surface area contributed by atoms with Crippen molar-refractivity contribution in [2.45, 2.75) is 39.8 Å². The highest BCUT2D eigenvalue weighted by atomic mass is 15.1. The van der Waals surface area contributed by atoms with Gasteiger partial charge in [0.1, 0.15) is 0 Å². The third-order valence-electron chi connectivity index (χ3n) is 2.94. The second kappa shape index (κ2) is 4.94. The molecular weight excluding hydrogens is 222 g/mol. The quantitative estimate of drug-likeness (QED) is 0.868. The van der Waals surface area contributed by atoms with E-state index in [1.54, 1.807) is 0 Å². The fraction of sp³-hybridized carbons (Fsp3) is 0.400. The number of hydrogen-bond acceptors (Lipinski definition) is 2. The van der Waals surface area contributed by atoms with E-state index < -0.39 is 0 Å². The molecule has 2 aromatic rings. The van der Waals surface area contributed by atoms with Gasteiger partial charge >= 0.3 is 0 Å². The van der Waals surface area contributed by atoms with E-state index in [0.717, 1.165) is 12.2 Å². The number of aromatic amines is 1. The lowest BCUT2D eigenvalue weighted by molar-refractivity contribution is 0.424. The second-order valence-electron chi connectivity index (χ2n) is 5.69. The van der Waals surface area contributed by atoms with E-state index in [9.17, 15) is 0 Å². The third kappa shape index (κ3) is 2.99. The molecule has 18 heavy (non-hydrogen) atoms. The number of aromatic nitrogens is 2. The molecule has 0 atom stereocenters. The molecule has 96 valence electrons. The van der Waals surface area contributed by atoms with E-state index in [-0.39, 0.29) is 5.54 Å². The van der Waals surface area contributed by atoms with Crippen molar-refractivity contribution in [3.05, 3.63) is 41.6 Å². The molecule has 2 N–H and O–H groups in total. The SMILES string of the molecule is Cc1ccccc1-c1[nH]ncc1CNC(C)(C)C. The number of hydrogen-bond donors (Lipinski definition) is 2. The van der Waals surface area contributed by atoms with Crippen LogP contribution in [0.5, 0.6) is 0 Å². The molecule has 0 radical (unpaired) electrons. The molecule has 0 saturated carbocycles. The summed E-state index contributed by atoms with van der Waals surface area (Å²) in [6.07, 6.45) is 1.90. The van der Waals surface area contributed by atoms with Crippen molar-refractivity contribution < 1.29 is 0 Å². The largest absolute Gasteiger partial charge is 0.308 e. The molecule has 0 bridgehead atoms. The number of benzene rings is 1. The van der Waals surface area contributed by atoms with Crippen LogP contribution in [0.15, 0.2) is 30.5 Å². The lowest BCUT2D eigenvalue weighted by Crippen LogP contribution is -2.35. The zero-order valence-corrected chi connectivity index (χ0v) is 11.5. The molecule has 2 rings (SSSR count). The van der Waals surface area contributed by atoms with Gasteiger partial charge in [-0.05, 0) is 33.3 Å². The fourth-order valence-electron chi connectivity index (χ4n) is 1.89. The Kier molecular flexibility index (Phi) is 3.53. The maximum Gasteiger partial charge on any atom is 0.0697 e. The van der Waals surface area contributed by atoms with E-state index in [1.807, 2.05) is 6.20 Å². The summed E-state index contributed by atoms with van der Waals surface area (Å²) in [6, 6.07) is 8.37. The van der Waals surface area contributed by atoms with Gasteiger partial charge in [0.2, 0.25) is 0 Å². The maximum atomic E-state index is 4.18. The van der Waals surface area contributed by atoms with E-state index in [2.05, 4.69) is 67.5 Å². The fourth-order valence-corrected chi connectivity index (χ4v) is 1.89. The molecule has 1 aromatic heterocycles. The number of aryl methyl sites for hydroxylation is 1. The smallest absolute Gasteiger partial charge is 0.0697 e. The van der Waals surface area contributed by atoms with Gasteiger partial charge in [-0.1, -0.05) is 24.3 Å². The Bertz CT molecular complexity index is 521. The molecule has 0 aliphatic carbocycles. The third-order valence-corrected chi connectivity index (χ3v) is 2.94. The van der Waals surface area contributed by atoms with Crippen molar-refractivity contribution in [3.63, 3.8) is 0 Å². The maximum absolute atomic E-state index is 4.18. The zero-order chi connectivity index (χ0) is 13.2. The normalized spacial score (nSPS) is 11.8. The van der Waals surface area contributed by atoms with Gasteiger partial charge in [-0.25, -0.2) is 0 Å². The Labute approximate surface area is 109 Å². The van der Waals surface area contributed by atoms with Gasteiger partial charge in [0, 0.05) is 23.2 Å². The van der Waals surface area contributed by atoms with Crippen LogP contribution in [0.4, 0.5) is 0 Å². The lowest BCUT2D eigenvalue weighted by Gasteiger charge is -2.20. The highest BCUT2D eigenvalue weighted by Gasteiger charge is 2.13. The minimum Gasteiger partial charge on any atom is -0.308 e. The van der Waals surface area contributed by atoms with Gasteiger partial charge in [-0.3, -0.25) is 5.10 Å². The summed E-state index contributed by atoms with van der Waals surface area (Å²) >= 11 is 0. The second-order valence-corrected chi connectivity index (χ2v) is 5.69. The molecule has 1 heterocycles. The van der Waals surface area contributed by atoms with Gasteiger partial charge in [-0.2, -0.15) is 5.10 Å². The number of nitrogens with one attached hydrogen (secondary N) is 2. The summed E-state index contributed by atoms with van der Waals surface area (Å²) in [7, 11) is 0. The van der Waals surface area contributed by atoms with Crippen LogP contribution in [0.2, 0.25) is 0 Å². The molecule has 3 nitrogen and oxygen atoms in total. The van der Waals surface area contributed by atoms with Gasteiger partial charge in [0.05, 0.1) is 11.9 Å². The van der Waals surface area contributed by atoms with Crippen molar-refractivity contribution in [2.75, 3.05) is 0 Å². The first kappa shape index (κ1) is 12.8. The van der Waals surface area contributed by atoms with Crippen molar-refractivity contribution in [2.24, 2.45) is 0 Å². The van der Waals surface area contributed by atoms with Crippen LogP contribution in [-0.2, 0) is 6.54 Å². The lowest BCUT2D eigenvalue weighted by atomic mass is 10.0. The summed E-state index contributed by atoms with van der Waals surface area (Å²) in [5, 5.41) is 10.8. The molecular formula is C15H21N3. The first-order valence-electron chi connectivity index (χ1n) is 6.30. The standard InChI is InChI=1S/C15H21N3/c1-11-7-5-6-8-13(11)14-12(10-17-18-14)9-16-15(2,3)4/h5-8,10,16H,9H2,1-4H3,(H,17,18). The van der Waals surface area contributed by atoms with E-state index >= 15 is 0 Å². The first-order valence-corrected chi connectivity index (χ1v) is 6.30. The van der Waals surface area contributed by atoms with Crippen molar-refractivity contribution in [1.29, 1.82) is 0 Å².